The molecular weight excluding hydrogens is 339 g/mol. The molecule has 1 unspecified atom stereocenters. The van der Waals surface area contributed by atoms with Crippen molar-refractivity contribution in [2.24, 2.45) is 5.92 Å². The second-order valence-corrected chi connectivity index (χ2v) is 7.05. The molecule has 0 spiro atoms. The number of likely N-dealkylation sites (tertiary alicyclic amines) is 1. The van der Waals surface area contributed by atoms with Gasteiger partial charge in [0.1, 0.15) is 5.75 Å². The molecule has 0 aromatic heterocycles. The fraction of sp³-hybridized carbons (Fsp3) is 0.429. The number of ether oxygens (including phenoxy) is 1. The fourth-order valence-electron chi connectivity index (χ4n) is 3.65. The predicted octanol–water partition coefficient (Wildman–Crippen LogP) is 4.86. The van der Waals surface area contributed by atoms with Crippen molar-refractivity contribution in [3.8, 4) is 5.75 Å². The van der Waals surface area contributed by atoms with Crippen LogP contribution < -0.4 is 4.74 Å². The minimum atomic E-state index is -4.16. The van der Waals surface area contributed by atoms with E-state index in [0.717, 1.165) is 37.2 Å². The second-order valence-electron chi connectivity index (χ2n) is 7.05. The zero-order valence-corrected chi connectivity index (χ0v) is 14.9. The lowest BCUT2D eigenvalue weighted by molar-refractivity contribution is -0.127. The summed E-state index contributed by atoms with van der Waals surface area (Å²) in [5, 5.41) is 0. The average Bonchev–Trinajstić information content (AvgIpc) is 3.01. The van der Waals surface area contributed by atoms with Gasteiger partial charge in [0.15, 0.2) is 0 Å². The zero-order valence-electron chi connectivity index (χ0n) is 14.9. The standard InChI is InChI=1S/C21H24F3NO/c1-26-20-7-5-16(6-8-20)11-19-9-10-25(15-19)14-18-4-2-3-17(12-18)13-21(22,23)24/h2-8,12,19H,9-11,13-15H2,1H3. The minimum Gasteiger partial charge on any atom is -0.497 e. The fourth-order valence-corrected chi connectivity index (χ4v) is 3.65. The SMILES string of the molecule is COc1ccc(CC2CCN(Cc3cccc(CC(F)(F)F)c3)C2)cc1. The minimum absolute atomic E-state index is 0.337. The number of hydrogen-bond acceptors (Lipinski definition) is 2. The van der Waals surface area contributed by atoms with Gasteiger partial charge in [0.05, 0.1) is 13.5 Å². The first-order valence-electron chi connectivity index (χ1n) is 8.91. The zero-order chi connectivity index (χ0) is 18.6. The van der Waals surface area contributed by atoms with Gasteiger partial charge in [-0.05, 0) is 54.1 Å². The van der Waals surface area contributed by atoms with Crippen LogP contribution in [0.1, 0.15) is 23.1 Å². The van der Waals surface area contributed by atoms with Crippen LogP contribution in [-0.4, -0.2) is 31.3 Å². The molecule has 2 aromatic rings. The van der Waals surface area contributed by atoms with E-state index in [1.54, 1.807) is 25.3 Å². The molecular formula is C21H24F3NO. The molecule has 0 N–H and O–H groups in total. The molecule has 0 bridgehead atoms. The summed E-state index contributed by atoms with van der Waals surface area (Å²) in [4.78, 5) is 2.33. The number of methoxy groups -OCH3 is 1. The monoisotopic (exact) mass is 363 g/mol. The Bertz CT molecular complexity index is 712. The van der Waals surface area contributed by atoms with Crippen molar-refractivity contribution in [2.75, 3.05) is 20.2 Å². The summed E-state index contributed by atoms with van der Waals surface area (Å²) in [5.41, 5.74) is 2.59. The third-order valence-corrected chi connectivity index (χ3v) is 4.86. The highest BCUT2D eigenvalue weighted by atomic mass is 19.4. The highest BCUT2D eigenvalue weighted by Crippen LogP contribution is 2.25. The Balaban J connectivity index is 1.53. The number of rotatable bonds is 6. The van der Waals surface area contributed by atoms with E-state index in [9.17, 15) is 13.2 Å². The van der Waals surface area contributed by atoms with Gasteiger partial charge in [0.25, 0.3) is 0 Å². The van der Waals surface area contributed by atoms with Crippen LogP contribution in [0.4, 0.5) is 13.2 Å². The molecule has 2 aromatic carbocycles. The van der Waals surface area contributed by atoms with Crippen LogP contribution >= 0.6 is 0 Å². The normalized spacial score (nSPS) is 18.2. The van der Waals surface area contributed by atoms with Crippen LogP contribution in [0.5, 0.6) is 5.75 Å². The molecule has 1 saturated heterocycles. The molecule has 1 fully saturated rings. The van der Waals surface area contributed by atoms with Crippen molar-refractivity contribution in [2.45, 2.75) is 32.0 Å². The number of benzene rings is 2. The lowest BCUT2D eigenvalue weighted by Crippen LogP contribution is -2.21. The summed E-state index contributed by atoms with van der Waals surface area (Å²) in [6.45, 7) is 2.69. The Labute approximate surface area is 152 Å². The van der Waals surface area contributed by atoms with Gasteiger partial charge in [-0.1, -0.05) is 36.4 Å². The molecule has 1 aliphatic heterocycles. The molecule has 1 aliphatic rings. The van der Waals surface area contributed by atoms with E-state index in [2.05, 4.69) is 17.0 Å². The van der Waals surface area contributed by atoms with Crippen LogP contribution in [0.3, 0.4) is 0 Å². The molecule has 5 heteroatoms. The molecule has 26 heavy (non-hydrogen) atoms. The van der Waals surface area contributed by atoms with Crippen molar-refractivity contribution < 1.29 is 17.9 Å². The molecule has 2 nitrogen and oxygen atoms in total. The smallest absolute Gasteiger partial charge is 0.393 e. The summed E-state index contributed by atoms with van der Waals surface area (Å²) in [5.74, 6) is 1.45. The quantitative estimate of drug-likeness (QED) is 0.726. The molecule has 0 amide bonds. The molecule has 1 heterocycles. The van der Waals surface area contributed by atoms with E-state index in [-0.39, 0.29) is 0 Å². The first-order chi connectivity index (χ1) is 12.4. The molecule has 140 valence electrons. The van der Waals surface area contributed by atoms with Crippen molar-refractivity contribution in [1.29, 1.82) is 0 Å². The van der Waals surface area contributed by atoms with Crippen molar-refractivity contribution >= 4 is 0 Å². The third kappa shape index (κ3) is 5.49. The van der Waals surface area contributed by atoms with E-state index >= 15 is 0 Å². The maximum atomic E-state index is 12.6. The third-order valence-electron chi connectivity index (χ3n) is 4.86. The molecule has 0 saturated carbocycles. The van der Waals surface area contributed by atoms with E-state index in [4.69, 9.17) is 4.74 Å². The first kappa shape index (κ1) is 18.8. The lowest BCUT2D eigenvalue weighted by atomic mass is 9.99. The van der Waals surface area contributed by atoms with E-state index in [1.165, 1.54) is 5.56 Å². The summed E-state index contributed by atoms with van der Waals surface area (Å²) in [6.07, 6.45) is -2.88. The van der Waals surface area contributed by atoms with Crippen molar-refractivity contribution in [3.63, 3.8) is 0 Å². The highest BCUT2D eigenvalue weighted by Gasteiger charge is 2.28. The topological polar surface area (TPSA) is 12.5 Å². The Morgan fingerprint density at radius 1 is 1.04 bits per heavy atom. The summed E-state index contributed by atoms with van der Waals surface area (Å²) < 4.78 is 42.9. The van der Waals surface area contributed by atoms with Crippen molar-refractivity contribution in [3.05, 3.63) is 65.2 Å². The van der Waals surface area contributed by atoms with Crippen LogP contribution in [0.2, 0.25) is 0 Å². The van der Waals surface area contributed by atoms with E-state index < -0.39 is 12.6 Å². The molecule has 1 atom stereocenters. The Hall–Kier alpha value is -2.01. The van der Waals surface area contributed by atoms with Crippen LogP contribution in [-0.2, 0) is 19.4 Å². The van der Waals surface area contributed by atoms with Crippen LogP contribution in [0.15, 0.2) is 48.5 Å². The van der Waals surface area contributed by atoms with Gasteiger partial charge in [-0.15, -0.1) is 0 Å². The van der Waals surface area contributed by atoms with Gasteiger partial charge in [0.2, 0.25) is 0 Å². The largest absolute Gasteiger partial charge is 0.497 e. The lowest BCUT2D eigenvalue weighted by Gasteiger charge is -2.17. The Kier molecular flexibility index (Phi) is 5.87. The van der Waals surface area contributed by atoms with Gasteiger partial charge in [-0.2, -0.15) is 13.2 Å². The number of nitrogens with zero attached hydrogens (tertiary/aromatic N) is 1. The van der Waals surface area contributed by atoms with Gasteiger partial charge in [0, 0.05) is 13.1 Å². The molecule has 0 aliphatic carbocycles. The van der Waals surface area contributed by atoms with Crippen molar-refractivity contribution in [1.82, 2.24) is 4.90 Å². The number of alkyl halides is 3. The maximum absolute atomic E-state index is 12.6. The Morgan fingerprint density at radius 2 is 1.77 bits per heavy atom. The Morgan fingerprint density at radius 3 is 2.46 bits per heavy atom. The van der Waals surface area contributed by atoms with Crippen LogP contribution in [0.25, 0.3) is 0 Å². The average molecular weight is 363 g/mol. The summed E-state index contributed by atoms with van der Waals surface area (Å²) >= 11 is 0. The van der Waals surface area contributed by atoms with E-state index in [1.807, 2.05) is 18.2 Å². The first-order valence-corrected chi connectivity index (χ1v) is 8.91. The summed E-state index contributed by atoms with van der Waals surface area (Å²) in [7, 11) is 1.66. The number of halogens is 3. The van der Waals surface area contributed by atoms with Gasteiger partial charge in [-0.3, -0.25) is 4.90 Å². The van der Waals surface area contributed by atoms with Gasteiger partial charge < -0.3 is 4.74 Å². The van der Waals surface area contributed by atoms with Crippen LogP contribution in [0, 0.1) is 5.92 Å². The maximum Gasteiger partial charge on any atom is 0.393 e. The predicted molar refractivity (Wildman–Crippen MR) is 96.3 cm³/mol. The second kappa shape index (κ2) is 8.12. The van der Waals surface area contributed by atoms with E-state index in [0.29, 0.717) is 18.0 Å². The molecule has 3 rings (SSSR count). The summed E-state index contributed by atoms with van der Waals surface area (Å²) in [6, 6.07) is 15.0. The van der Waals surface area contributed by atoms with Gasteiger partial charge >= 0.3 is 6.18 Å². The molecule has 0 radical (unpaired) electrons. The number of hydrogen-bond donors (Lipinski definition) is 0. The van der Waals surface area contributed by atoms with Gasteiger partial charge in [-0.25, -0.2) is 0 Å². The highest BCUT2D eigenvalue weighted by molar-refractivity contribution is 5.27.